The molecule has 0 saturated carbocycles. The number of nitrogens with one attached hydrogen (secondary N) is 1. The van der Waals surface area contributed by atoms with Crippen LogP contribution in [0.4, 0.5) is 0 Å². The third kappa shape index (κ3) is 2.54. The van der Waals surface area contributed by atoms with Gasteiger partial charge in [0.15, 0.2) is 11.5 Å². The Hall–Kier alpha value is -1.30. The molecule has 1 atom stereocenters. The summed E-state index contributed by atoms with van der Waals surface area (Å²) in [7, 11) is 0. The van der Waals surface area contributed by atoms with Crippen LogP contribution in [0.1, 0.15) is 18.0 Å². The molecule has 2 aliphatic heterocycles. The average Bonchev–Trinajstić information content (AvgIpc) is 2.94. The normalized spacial score (nSPS) is 20.5. The van der Waals surface area contributed by atoms with E-state index in [-0.39, 0.29) is 12.6 Å². The molecular formula is C14H20N2O3. The van der Waals surface area contributed by atoms with E-state index in [0.29, 0.717) is 6.79 Å². The van der Waals surface area contributed by atoms with Gasteiger partial charge >= 0.3 is 0 Å². The van der Waals surface area contributed by atoms with Crippen molar-refractivity contribution < 1.29 is 14.6 Å². The zero-order valence-electron chi connectivity index (χ0n) is 11.0. The summed E-state index contributed by atoms with van der Waals surface area (Å²) in [4.78, 5) is 2.41. The van der Waals surface area contributed by atoms with Crippen LogP contribution in [0, 0.1) is 0 Å². The molecule has 0 unspecified atom stereocenters. The molecular weight excluding hydrogens is 244 g/mol. The lowest BCUT2D eigenvalue weighted by molar-refractivity contribution is 0.135. The molecule has 0 aromatic heterocycles. The summed E-state index contributed by atoms with van der Waals surface area (Å²) in [5, 5.41) is 12.7. The molecule has 5 nitrogen and oxygen atoms in total. The fraction of sp³-hybridized carbons (Fsp3) is 0.571. The molecule has 1 aromatic carbocycles. The van der Waals surface area contributed by atoms with Crippen LogP contribution in [0.25, 0.3) is 0 Å². The first kappa shape index (κ1) is 12.7. The first-order chi connectivity index (χ1) is 9.40. The number of hydrogen-bond donors (Lipinski definition) is 2. The molecule has 1 saturated heterocycles. The minimum absolute atomic E-state index is 0.180. The maximum Gasteiger partial charge on any atom is 0.231 e. The summed E-state index contributed by atoms with van der Waals surface area (Å²) >= 11 is 0. The molecule has 0 amide bonds. The van der Waals surface area contributed by atoms with E-state index in [4.69, 9.17) is 9.47 Å². The van der Waals surface area contributed by atoms with Gasteiger partial charge in [-0.25, -0.2) is 0 Å². The van der Waals surface area contributed by atoms with E-state index in [9.17, 15) is 5.11 Å². The summed E-state index contributed by atoms with van der Waals surface area (Å²) in [6.07, 6.45) is 0.722. The summed E-state index contributed by atoms with van der Waals surface area (Å²) in [5.41, 5.74) is 1.13. The number of fused-ring (bicyclic) bond motifs is 1. The second-order valence-corrected chi connectivity index (χ2v) is 4.90. The van der Waals surface area contributed by atoms with Crippen LogP contribution >= 0.6 is 0 Å². The van der Waals surface area contributed by atoms with Crippen molar-refractivity contribution in [3.8, 4) is 11.5 Å². The number of benzene rings is 1. The summed E-state index contributed by atoms with van der Waals surface area (Å²) < 4.78 is 11.0. The quantitative estimate of drug-likeness (QED) is 0.840. The van der Waals surface area contributed by atoms with Gasteiger partial charge in [-0.05, 0) is 12.5 Å². The third-order valence-corrected chi connectivity index (χ3v) is 3.78. The second kappa shape index (κ2) is 5.77. The molecule has 19 heavy (non-hydrogen) atoms. The predicted molar refractivity (Wildman–Crippen MR) is 71.5 cm³/mol. The van der Waals surface area contributed by atoms with Gasteiger partial charge in [-0.3, -0.25) is 4.90 Å². The van der Waals surface area contributed by atoms with Gasteiger partial charge in [-0.2, -0.15) is 0 Å². The molecule has 0 radical (unpaired) electrons. The van der Waals surface area contributed by atoms with Gasteiger partial charge in [0, 0.05) is 44.4 Å². The lowest BCUT2D eigenvalue weighted by Gasteiger charge is -2.35. The number of aliphatic hydroxyl groups is 1. The highest BCUT2D eigenvalue weighted by molar-refractivity contribution is 5.49. The maximum absolute atomic E-state index is 9.36. The third-order valence-electron chi connectivity index (χ3n) is 3.78. The Balaban J connectivity index is 1.89. The van der Waals surface area contributed by atoms with Gasteiger partial charge in [0.05, 0.1) is 0 Å². The minimum atomic E-state index is 0.180. The van der Waals surface area contributed by atoms with Crippen molar-refractivity contribution in [2.45, 2.75) is 12.5 Å². The molecule has 2 aliphatic rings. The maximum atomic E-state index is 9.36. The van der Waals surface area contributed by atoms with E-state index in [1.807, 2.05) is 12.1 Å². The Bertz CT molecular complexity index is 433. The molecule has 2 heterocycles. The lowest BCUT2D eigenvalue weighted by Crippen LogP contribution is -2.45. The van der Waals surface area contributed by atoms with Crippen LogP contribution in [0.3, 0.4) is 0 Å². The van der Waals surface area contributed by atoms with Crippen LogP contribution in [-0.2, 0) is 0 Å². The van der Waals surface area contributed by atoms with Crippen LogP contribution in [0.2, 0.25) is 0 Å². The van der Waals surface area contributed by atoms with Crippen molar-refractivity contribution in [2.24, 2.45) is 0 Å². The first-order valence-corrected chi connectivity index (χ1v) is 6.84. The number of aliphatic hydroxyl groups excluding tert-OH is 1. The Morgan fingerprint density at radius 1 is 1.26 bits per heavy atom. The Morgan fingerprint density at radius 2 is 2.11 bits per heavy atom. The lowest BCUT2D eigenvalue weighted by atomic mass is 10.00. The number of rotatable bonds is 4. The Kier molecular flexibility index (Phi) is 3.87. The van der Waals surface area contributed by atoms with Crippen LogP contribution < -0.4 is 14.8 Å². The van der Waals surface area contributed by atoms with Gasteiger partial charge in [0.25, 0.3) is 0 Å². The molecule has 2 N–H and O–H groups in total. The van der Waals surface area contributed by atoms with Crippen LogP contribution in [0.5, 0.6) is 11.5 Å². The fourth-order valence-corrected chi connectivity index (χ4v) is 2.87. The van der Waals surface area contributed by atoms with Crippen LogP contribution in [-0.4, -0.2) is 49.6 Å². The first-order valence-electron chi connectivity index (χ1n) is 6.84. The van der Waals surface area contributed by atoms with Gasteiger partial charge in [-0.1, -0.05) is 12.1 Å². The zero-order valence-corrected chi connectivity index (χ0v) is 11.0. The van der Waals surface area contributed by atoms with E-state index < -0.39 is 0 Å². The van der Waals surface area contributed by atoms with E-state index >= 15 is 0 Å². The highest BCUT2D eigenvalue weighted by atomic mass is 16.7. The number of nitrogens with zero attached hydrogens (tertiary/aromatic N) is 1. The molecule has 0 aliphatic carbocycles. The number of piperazine rings is 1. The molecule has 5 heteroatoms. The number of ether oxygens (including phenoxy) is 2. The molecule has 104 valence electrons. The summed E-state index contributed by atoms with van der Waals surface area (Å²) in [6, 6.07) is 6.20. The topological polar surface area (TPSA) is 54.0 Å². The highest BCUT2D eigenvalue weighted by Crippen LogP contribution is 2.41. The molecule has 1 fully saturated rings. The van der Waals surface area contributed by atoms with E-state index in [1.165, 1.54) is 0 Å². The van der Waals surface area contributed by atoms with Crippen LogP contribution in [0.15, 0.2) is 18.2 Å². The van der Waals surface area contributed by atoms with Crippen molar-refractivity contribution in [1.82, 2.24) is 10.2 Å². The molecule has 0 bridgehead atoms. The number of hydrogen-bond acceptors (Lipinski definition) is 5. The molecule has 0 spiro atoms. The standard InChI is InChI=1S/C14H20N2O3/c17-9-4-12(16-7-5-15-6-8-16)11-2-1-3-13-14(11)19-10-18-13/h1-3,12,15,17H,4-10H2/t12-/m0/s1. The van der Waals surface area contributed by atoms with Crippen molar-refractivity contribution in [3.05, 3.63) is 23.8 Å². The van der Waals surface area contributed by atoms with E-state index in [2.05, 4.69) is 16.3 Å². The largest absolute Gasteiger partial charge is 0.454 e. The molecule has 3 rings (SSSR count). The monoisotopic (exact) mass is 264 g/mol. The second-order valence-electron chi connectivity index (χ2n) is 4.90. The minimum Gasteiger partial charge on any atom is -0.454 e. The van der Waals surface area contributed by atoms with Gasteiger partial charge in [0.1, 0.15) is 0 Å². The van der Waals surface area contributed by atoms with Gasteiger partial charge in [0.2, 0.25) is 6.79 Å². The van der Waals surface area contributed by atoms with E-state index in [1.54, 1.807) is 0 Å². The number of para-hydroxylation sites is 1. The summed E-state index contributed by atoms with van der Waals surface area (Å²) in [5.74, 6) is 1.66. The average molecular weight is 264 g/mol. The Labute approximate surface area is 113 Å². The smallest absolute Gasteiger partial charge is 0.231 e. The van der Waals surface area contributed by atoms with Crippen molar-refractivity contribution in [1.29, 1.82) is 0 Å². The fourth-order valence-electron chi connectivity index (χ4n) is 2.87. The molecule has 1 aromatic rings. The van der Waals surface area contributed by atoms with Gasteiger partial charge < -0.3 is 19.9 Å². The van der Waals surface area contributed by atoms with Crippen molar-refractivity contribution in [3.63, 3.8) is 0 Å². The predicted octanol–water partition coefficient (Wildman–Crippen LogP) is 0.744. The Morgan fingerprint density at radius 3 is 2.89 bits per heavy atom. The SMILES string of the molecule is OCC[C@@H](c1cccc2c1OCO2)N1CCNCC1. The van der Waals surface area contributed by atoms with E-state index in [0.717, 1.165) is 49.7 Å². The van der Waals surface area contributed by atoms with Crippen molar-refractivity contribution >= 4 is 0 Å². The van der Waals surface area contributed by atoms with Gasteiger partial charge in [-0.15, -0.1) is 0 Å². The van der Waals surface area contributed by atoms with Crippen molar-refractivity contribution in [2.75, 3.05) is 39.6 Å². The highest BCUT2D eigenvalue weighted by Gasteiger charge is 2.27. The zero-order chi connectivity index (χ0) is 13.1. The summed E-state index contributed by atoms with van der Waals surface area (Å²) in [6.45, 7) is 4.45.